The highest BCUT2D eigenvalue weighted by Gasteiger charge is 2.41. The van der Waals surface area contributed by atoms with Gasteiger partial charge < -0.3 is 29.7 Å². The number of methoxy groups -OCH3 is 1. The second kappa shape index (κ2) is 11.8. The lowest BCUT2D eigenvalue weighted by atomic mass is 10.0. The number of rotatable bonds is 7. The van der Waals surface area contributed by atoms with Crippen molar-refractivity contribution in [2.24, 2.45) is 0 Å². The van der Waals surface area contributed by atoms with Crippen LogP contribution in [0, 0.1) is 0 Å². The van der Waals surface area contributed by atoms with Gasteiger partial charge >= 0.3 is 0 Å². The number of carbonyl (C=O) groups excluding carboxylic acids is 2. The van der Waals surface area contributed by atoms with Crippen LogP contribution >= 0.6 is 11.3 Å². The SMILES string of the molecule is CC[C@@H]1C(=O)N(C)c2cnc(Nc3ccc(-c4nnc(C(=O)N5CCN(C)CC5)s4)cc3OC)nc2N1C1CCCC1. The van der Waals surface area contributed by atoms with Gasteiger partial charge in [0.1, 0.15) is 22.5 Å². The molecular formula is C29H37N9O3S. The number of hydrogen-bond acceptors (Lipinski definition) is 11. The van der Waals surface area contributed by atoms with Crippen molar-refractivity contribution in [3.8, 4) is 16.3 Å². The molecule has 0 unspecified atom stereocenters. The first-order valence-corrected chi connectivity index (χ1v) is 15.4. The van der Waals surface area contributed by atoms with Crippen LogP contribution in [0.25, 0.3) is 10.6 Å². The van der Waals surface area contributed by atoms with Gasteiger partial charge in [0, 0.05) is 44.8 Å². The van der Waals surface area contributed by atoms with E-state index in [1.807, 2.05) is 23.1 Å². The lowest BCUT2D eigenvalue weighted by molar-refractivity contribution is -0.120. The van der Waals surface area contributed by atoms with Crippen molar-refractivity contribution < 1.29 is 14.3 Å². The van der Waals surface area contributed by atoms with Gasteiger partial charge in [-0.1, -0.05) is 31.1 Å². The number of amides is 2. The zero-order valence-corrected chi connectivity index (χ0v) is 25.4. The molecule has 1 atom stereocenters. The van der Waals surface area contributed by atoms with Crippen LogP contribution in [-0.4, -0.2) is 101 Å². The van der Waals surface area contributed by atoms with Gasteiger partial charge in [-0.15, -0.1) is 10.2 Å². The van der Waals surface area contributed by atoms with Crippen LogP contribution in [0.5, 0.6) is 5.75 Å². The standard InChI is InChI=1S/C29H37N9O3S/c1-5-21-27(39)36(3)22-17-30-29(32-24(22)38(21)19-8-6-7-9-19)31-20-11-10-18(16-23(20)41-4)25-33-34-26(42-25)28(40)37-14-12-35(2)13-15-37/h10-11,16-17,19,21H,5-9,12-15H2,1-4H3,(H,30,31,32)/t21-/m1/s1. The van der Waals surface area contributed by atoms with E-state index in [2.05, 4.69) is 44.3 Å². The Hall–Kier alpha value is -3.84. The summed E-state index contributed by atoms with van der Waals surface area (Å²) in [6.07, 6.45) is 6.88. The molecule has 0 radical (unpaired) electrons. The Labute approximate surface area is 249 Å². The smallest absolute Gasteiger partial charge is 0.284 e. The third-order valence-corrected chi connectivity index (χ3v) is 9.47. The molecule has 2 fully saturated rings. The lowest BCUT2D eigenvalue weighted by Crippen LogP contribution is -2.55. The summed E-state index contributed by atoms with van der Waals surface area (Å²) in [6, 6.07) is 5.73. The molecule has 1 saturated carbocycles. The van der Waals surface area contributed by atoms with E-state index in [1.165, 1.54) is 11.3 Å². The number of hydrogen-bond donors (Lipinski definition) is 1. The first-order chi connectivity index (χ1) is 20.4. The Bertz CT molecular complexity index is 1470. The van der Waals surface area contributed by atoms with E-state index < -0.39 is 0 Å². The van der Waals surface area contributed by atoms with Crippen molar-refractivity contribution in [2.45, 2.75) is 51.1 Å². The molecule has 1 aliphatic carbocycles. The minimum absolute atomic E-state index is 0.0778. The van der Waals surface area contributed by atoms with Gasteiger partial charge in [0.2, 0.25) is 16.9 Å². The van der Waals surface area contributed by atoms with Crippen molar-refractivity contribution in [3.05, 3.63) is 29.4 Å². The van der Waals surface area contributed by atoms with Crippen molar-refractivity contribution in [2.75, 3.05) is 62.5 Å². The summed E-state index contributed by atoms with van der Waals surface area (Å²) >= 11 is 1.28. The average molecular weight is 592 g/mol. The maximum atomic E-state index is 13.2. The maximum absolute atomic E-state index is 13.2. The normalized spacial score (nSPS) is 19.8. The highest BCUT2D eigenvalue weighted by molar-refractivity contribution is 7.16. The Morgan fingerprint density at radius 1 is 1.12 bits per heavy atom. The second-order valence-corrected chi connectivity index (χ2v) is 12.1. The molecule has 222 valence electrons. The van der Waals surface area contributed by atoms with Gasteiger partial charge in [-0.05, 0) is 44.5 Å². The fourth-order valence-corrected chi connectivity index (χ4v) is 6.87. The molecule has 0 spiro atoms. The number of likely N-dealkylation sites (N-methyl/N-ethyl adjacent to an activating group) is 2. The Morgan fingerprint density at radius 2 is 1.88 bits per heavy atom. The van der Waals surface area contributed by atoms with Crippen LogP contribution < -0.4 is 19.9 Å². The number of anilines is 4. The van der Waals surface area contributed by atoms with Crippen molar-refractivity contribution in [3.63, 3.8) is 0 Å². The van der Waals surface area contributed by atoms with Crippen LogP contribution in [0.2, 0.25) is 0 Å². The van der Waals surface area contributed by atoms with Crippen LogP contribution in [0.15, 0.2) is 24.4 Å². The molecule has 3 aromatic rings. The zero-order valence-electron chi connectivity index (χ0n) is 24.5. The van der Waals surface area contributed by atoms with Crippen LogP contribution in [0.1, 0.15) is 48.8 Å². The molecule has 6 rings (SSSR count). The molecule has 1 aromatic carbocycles. The number of aromatic nitrogens is 4. The predicted octanol–water partition coefficient (Wildman–Crippen LogP) is 3.64. The van der Waals surface area contributed by atoms with Gasteiger partial charge in [0.15, 0.2) is 5.82 Å². The molecular weight excluding hydrogens is 554 g/mol. The third kappa shape index (κ3) is 5.26. The number of carbonyl (C=O) groups is 2. The predicted molar refractivity (Wildman–Crippen MR) is 163 cm³/mol. The number of piperazine rings is 1. The molecule has 1 N–H and O–H groups in total. The monoisotopic (exact) mass is 591 g/mol. The summed E-state index contributed by atoms with van der Waals surface area (Å²) in [7, 11) is 5.46. The van der Waals surface area contributed by atoms with Crippen LogP contribution in [-0.2, 0) is 4.79 Å². The zero-order chi connectivity index (χ0) is 29.4. The highest BCUT2D eigenvalue weighted by atomic mass is 32.1. The summed E-state index contributed by atoms with van der Waals surface area (Å²) < 4.78 is 5.72. The number of fused-ring (bicyclic) bond motifs is 1. The summed E-state index contributed by atoms with van der Waals surface area (Å²) in [5, 5.41) is 12.8. The quantitative estimate of drug-likeness (QED) is 0.436. The van der Waals surface area contributed by atoms with Crippen LogP contribution in [0.3, 0.4) is 0 Å². The lowest BCUT2D eigenvalue weighted by Gasteiger charge is -2.43. The molecule has 1 saturated heterocycles. The molecule has 42 heavy (non-hydrogen) atoms. The average Bonchev–Trinajstić information content (AvgIpc) is 3.72. The van der Waals surface area contributed by atoms with Crippen LogP contribution in [0.4, 0.5) is 23.1 Å². The highest BCUT2D eigenvalue weighted by Crippen LogP contribution is 2.40. The number of nitrogens with zero attached hydrogens (tertiary/aromatic N) is 8. The minimum Gasteiger partial charge on any atom is -0.495 e. The molecule has 3 aliphatic rings. The summed E-state index contributed by atoms with van der Waals surface area (Å²) in [5.74, 6) is 1.81. The summed E-state index contributed by atoms with van der Waals surface area (Å²) in [5.41, 5.74) is 2.22. The molecule has 2 amide bonds. The molecule has 13 heteroatoms. The number of nitrogens with one attached hydrogen (secondary N) is 1. The topological polar surface area (TPSA) is 120 Å². The third-order valence-electron chi connectivity index (χ3n) is 8.51. The largest absolute Gasteiger partial charge is 0.495 e. The summed E-state index contributed by atoms with van der Waals surface area (Å²) in [4.78, 5) is 43.6. The Kier molecular flexibility index (Phi) is 7.95. The van der Waals surface area contributed by atoms with E-state index in [9.17, 15) is 9.59 Å². The number of benzene rings is 1. The van der Waals surface area contributed by atoms with Crippen molar-refractivity contribution in [1.29, 1.82) is 0 Å². The van der Waals surface area contributed by atoms with E-state index in [0.29, 0.717) is 46.5 Å². The van der Waals surface area contributed by atoms with Crippen molar-refractivity contribution >= 4 is 46.3 Å². The van der Waals surface area contributed by atoms with Gasteiger partial charge in [-0.2, -0.15) is 4.98 Å². The fraction of sp³-hybridized carbons (Fsp3) is 0.517. The van der Waals surface area contributed by atoms with Gasteiger partial charge in [-0.3, -0.25) is 9.59 Å². The van der Waals surface area contributed by atoms with Gasteiger partial charge in [0.25, 0.3) is 5.91 Å². The minimum atomic E-state index is -0.234. The van der Waals surface area contributed by atoms with E-state index in [1.54, 1.807) is 25.3 Å². The van der Waals surface area contributed by atoms with E-state index in [4.69, 9.17) is 9.72 Å². The fourth-order valence-electron chi connectivity index (χ4n) is 6.06. The molecule has 4 heterocycles. The maximum Gasteiger partial charge on any atom is 0.284 e. The van der Waals surface area contributed by atoms with Crippen molar-refractivity contribution in [1.82, 2.24) is 30.0 Å². The molecule has 12 nitrogen and oxygen atoms in total. The van der Waals surface area contributed by atoms with Gasteiger partial charge in [-0.25, -0.2) is 4.98 Å². The Balaban J connectivity index is 1.24. The second-order valence-electron chi connectivity index (χ2n) is 11.1. The first-order valence-electron chi connectivity index (χ1n) is 14.6. The number of ether oxygens (including phenoxy) is 1. The van der Waals surface area contributed by atoms with E-state index >= 15 is 0 Å². The van der Waals surface area contributed by atoms with E-state index in [-0.39, 0.29) is 17.9 Å². The van der Waals surface area contributed by atoms with E-state index in [0.717, 1.165) is 62.3 Å². The molecule has 2 aliphatic heterocycles. The molecule has 2 aromatic heterocycles. The first kappa shape index (κ1) is 28.3. The molecule has 0 bridgehead atoms. The Morgan fingerprint density at radius 3 is 2.60 bits per heavy atom. The van der Waals surface area contributed by atoms with Gasteiger partial charge in [0.05, 0.1) is 19.0 Å². The summed E-state index contributed by atoms with van der Waals surface area (Å²) in [6.45, 7) is 5.13.